The highest BCUT2D eigenvalue weighted by atomic mass is 16.4. The van der Waals surface area contributed by atoms with E-state index >= 15 is 0 Å². The van der Waals surface area contributed by atoms with Crippen LogP contribution in [0.2, 0.25) is 0 Å². The van der Waals surface area contributed by atoms with Gasteiger partial charge in [0.1, 0.15) is 17.3 Å². The second kappa shape index (κ2) is 8.96. The SMILES string of the molecule is O=C(CCCn1nnc2ccccc2c1=O)NC(Cc1ccc(O)cc1)C(=O)O. The van der Waals surface area contributed by atoms with E-state index in [-0.39, 0.29) is 30.7 Å². The number of phenols is 1. The fourth-order valence-electron chi connectivity index (χ4n) is 2.89. The van der Waals surface area contributed by atoms with Gasteiger partial charge in [-0.05, 0) is 36.2 Å². The summed E-state index contributed by atoms with van der Waals surface area (Å²) in [6.07, 6.45) is 0.446. The zero-order chi connectivity index (χ0) is 20.8. The maximum absolute atomic E-state index is 12.4. The van der Waals surface area contributed by atoms with Gasteiger partial charge in [-0.3, -0.25) is 9.59 Å². The van der Waals surface area contributed by atoms with Crippen LogP contribution in [0.5, 0.6) is 5.75 Å². The molecule has 3 rings (SSSR count). The lowest BCUT2D eigenvalue weighted by molar-refractivity contribution is -0.141. The number of benzene rings is 2. The van der Waals surface area contributed by atoms with Crippen molar-refractivity contribution in [3.05, 3.63) is 64.4 Å². The number of fused-ring (bicyclic) bond motifs is 1. The average molecular weight is 396 g/mol. The van der Waals surface area contributed by atoms with Crippen molar-refractivity contribution in [3.8, 4) is 5.75 Å². The van der Waals surface area contributed by atoms with Gasteiger partial charge >= 0.3 is 5.97 Å². The van der Waals surface area contributed by atoms with Gasteiger partial charge in [0.15, 0.2) is 0 Å². The highest BCUT2D eigenvalue weighted by molar-refractivity contribution is 5.83. The number of carbonyl (C=O) groups is 2. The average Bonchev–Trinajstić information content (AvgIpc) is 2.71. The number of aryl methyl sites for hydroxylation is 1. The first kappa shape index (κ1) is 20.0. The summed E-state index contributed by atoms with van der Waals surface area (Å²) in [4.78, 5) is 36.0. The van der Waals surface area contributed by atoms with Gasteiger partial charge in [-0.15, -0.1) is 5.10 Å². The summed E-state index contributed by atoms with van der Waals surface area (Å²) in [5.74, 6) is -1.50. The lowest BCUT2D eigenvalue weighted by atomic mass is 10.1. The predicted molar refractivity (Wildman–Crippen MR) is 104 cm³/mol. The number of aliphatic carboxylic acids is 1. The summed E-state index contributed by atoms with van der Waals surface area (Å²) >= 11 is 0. The first-order chi connectivity index (χ1) is 13.9. The van der Waals surface area contributed by atoms with Crippen LogP contribution in [0.1, 0.15) is 18.4 Å². The van der Waals surface area contributed by atoms with Gasteiger partial charge in [-0.2, -0.15) is 0 Å². The van der Waals surface area contributed by atoms with E-state index in [1.807, 2.05) is 0 Å². The molecule has 0 radical (unpaired) electrons. The van der Waals surface area contributed by atoms with Crippen molar-refractivity contribution in [1.29, 1.82) is 0 Å². The Morgan fingerprint density at radius 1 is 1.10 bits per heavy atom. The summed E-state index contributed by atoms with van der Waals surface area (Å²) in [7, 11) is 0. The maximum Gasteiger partial charge on any atom is 0.326 e. The van der Waals surface area contributed by atoms with Crippen LogP contribution in [0, 0.1) is 0 Å². The first-order valence-electron chi connectivity index (χ1n) is 9.06. The van der Waals surface area contributed by atoms with Gasteiger partial charge in [0.2, 0.25) is 5.91 Å². The number of nitrogens with one attached hydrogen (secondary N) is 1. The molecule has 0 fully saturated rings. The summed E-state index contributed by atoms with van der Waals surface area (Å²) in [5.41, 5.74) is 0.894. The van der Waals surface area contributed by atoms with Gasteiger partial charge in [0, 0.05) is 19.4 Å². The highest BCUT2D eigenvalue weighted by Gasteiger charge is 2.20. The van der Waals surface area contributed by atoms with Crippen molar-refractivity contribution in [2.45, 2.75) is 31.8 Å². The molecule has 9 nitrogen and oxygen atoms in total. The fraction of sp³-hybridized carbons (Fsp3) is 0.250. The number of aromatic nitrogens is 3. The highest BCUT2D eigenvalue weighted by Crippen LogP contribution is 2.11. The Bertz CT molecular complexity index is 1080. The van der Waals surface area contributed by atoms with Gasteiger partial charge in [0.05, 0.1) is 5.39 Å². The molecule has 0 aliphatic carbocycles. The molecular formula is C20H20N4O5. The van der Waals surface area contributed by atoms with Crippen LogP contribution >= 0.6 is 0 Å². The van der Waals surface area contributed by atoms with Crippen molar-refractivity contribution in [2.75, 3.05) is 0 Å². The number of amides is 1. The lowest BCUT2D eigenvalue weighted by Crippen LogP contribution is -2.42. The number of carbonyl (C=O) groups excluding carboxylic acids is 1. The molecular weight excluding hydrogens is 376 g/mol. The molecule has 1 amide bonds. The van der Waals surface area contributed by atoms with Crippen LogP contribution < -0.4 is 10.9 Å². The Balaban J connectivity index is 1.55. The summed E-state index contributed by atoms with van der Waals surface area (Å²) < 4.78 is 1.20. The zero-order valence-electron chi connectivity index (χ0n) is 15.5. The molecule has 9 heteroatoms. The molecule has 0 aliphatic heterocycles. The molecule has 29 heavy (non-hydrogen) atoms. The summed E-state index contributed by atoms with van der Waals surface area (Å²) in [6, 6.07) is 11.9. The number of phenolic OH excluding ortho intramolecular Hbond substituents is 1. The van der Waals surface area contributed by atoms with Crippen molar-refractivity contribution in [1.82, 2.24) is 20.3 Å². The van der Waals surface area contributed by atoms with E-state index in [4.69, 9.17) is 0 Å². The number of hydrogen-bond donors (Lipinski definition) is 3. The molecule has 0 bridgehead atoms. The standard InChI is InChI=1S/C20H20N4O5/c25-14-9-7-13(8-10-14)12-17(20(28)29)21-18(26)6-3-11-24-19(27)15-4-1-2-5-16(15)22-23-24/h1-2,4-5,7-10,17,25H,3,6,11-12H2,(H,21,26)(H,28,29). The van der Waals surface area contributed by atoms with Crippen molar-refractivity contribution in [2.24, 2.45) is 0 Å². The normalized spacial score (nSPS) is 11.9. The molecule has 1 aromatic heterocycles. The molecule has 1 atom stereocenters. The molecule has 0 spiro atoms. The number of rotatable bonds is 8. The lowest BCUT2D eigenvalue weighted by Gasteiger charge is -2.15. The van der Waals surface area contributed by atoms with Gasteiger partial charge in [-0.25, -0.2) is 9.48 Å². The van der Waals surface area contributed by atoms with E-state index in [9.17, 15) is 24.6 Å². The van der Waals surface area contributed by atoms with Crippen LogP contribution in [0.25, 0.3) is 10.9 Å². The van der Waals surface area contributed by atoms with E-state index in [0.717, 1.165) is 0 Å². The summed E-state index contributed by atoms with van der Waals surface area (Å²) in [5, 5.41) is 29.4. The Labute approximate surface area is 165 Å². The number of carboxylic acid groups (broad SMARTS) is 1. The molecule has 3 N–H and O–H groups in total. The van der Waals surface area contributed by atoms with Gasteiger partial charge < -0.3 is 15.5 Å². The smallest absolute Gasteiger partial charge is 0.326 e. The Morgan fingerprint density at radius 3 is 2.55 bits per heavy atom. The Kier molecular flexibility index (Phi) is 6.18. The molecule has 2 aromatic carbocycles. The van der Waals surface area contributed by atoms with Crippen molar-refractivity contribution >= 4 is 22.8 Å². The molecule has 0 saturated heterocycles. The molecule has 0 aliphatic rings. The van der Waals surface area contributed by atoms with E-state index < -0.39 is 17.9 Å². The minimum atomic E-state index is -1.15. The maximum atomic E-state index is 12.4. The largest absolute Gasteiger partial charge is 0.508 e. The quantitative estimate of drug-likeness (QED) is 0.519. The third-order valence-corrected chi connectivity index (χ3v) is 4.41. The van der Waals surface area contributed by atoms with Crippen molar-refractivity contribution < 1.29 is 19.8 Å². The van der Waals surface area contributed by atoms with Crippen LogP contribution in [-0.2, 0) is 22.6 Å². The minimum absolute atomic E-state index is 0.0420. The monoisotopic (exact) mass is 396 g/mol. The van der Waals surface area contributed by atoms with Crippen LogP contribution in [0.3, 0.4) is 0 Å². The fourth-order valence-corrected chi connectivity index (χ4v) is 2.89. The molecule has 3 aromatic rings. The van der Waals surface area contributed by atoms with Crippen molar-refractivity contribution in [3.63, 3.8) is 0 Å². The van der Waals surface area contributed by atoms with Crippen LogP contribution in [0.15, 0.2) is 53.3 Å². The molecule has 150 valence electrons. The Morgan fingerprint density at radius 2 is 1.83 bits per heavy atom. The number of aromatic hydroxyl groups is 1. The number of carboxylic acids is 1. The van der Waals surface area contributed by atoms with Gasteiger partial charge in [-0.1, -0.05) is 29.5 Å². The van der Waals surface area contributed by atoms with Gasteiger partial charge in [0.25, 0.3) is 5.56 Å². The van der Waals surface area contributed by atoms with E-state index in [1.54, 1.807) is 36.4 Å². The van der Waals surface area contributed by atoms with E-state index in [2.05, 4.69) is 15.6 Å². The zero-order valence-corrected chi connectivity index (χ0v) is 15.5. The predicted octanol–water partition coefficient (Wildman–Crippen LogP) is 1.09. The summed E-state index contributed by atoms with van der Waals surface area (Å²) in [6.45, 7) is 0.194. The number of hydrogen-bond acceptors (Lipinski definition) is 6. The van der Waals surface area contributed by atoms with E-state index in [1.165, 1.54) is 16.8 Å². The third-order valence-electron chi connectivity index (χ3n) is 4.41. The first-order valence-corrected chi connectivity index (χ1v) is 9.06. The van der Waals surface area contributed by atoms with E-state index in [0.29, 0.717) is 22.9 Å². The molecule has 1 unspecified atom stereocenters. The minimum Gasteiger partial charge on any atom is -0.508 e. The molecule has 1 heterocycles. The third kappa shape index (κ3) is 5.16. The van der Waals surface area contributed by atoms with Crippen LogP contribution in [0.4, 0.5) is 0 Å². The topological polar surface area (TPSA) is 134 Å². The Hall–Kier alpha value is -3.75. The molecule has 0 saturated carbocycles. The second-order valence-electron chi connectivity index (χ2n) is 6.57. The second-order valence-corrected chi connectivity index (χ2v) is 6.57. The number of nitrogens with zero attached hydrogens (tertiary/aromatic N) is 3. The van der Waals surface area contributed by atoms with Crippen LogP contribution in [-0.4, -0.2) is 43.1 Å².